The molecule has 0 saturated heterocycles. The number of ether oxygens (including phenoxy) is 1. The monoisotopic (exact) mass is 238 g/mol. The minimum atomic E-state index is -2.50. The minimum absolute atomic E-state index is 0.221. The summed E-state index contributed by atoms with van der Waals surface area (Å²) in [5, 5.41) is 2.90. The Bertz CT molecular complexity index is 192. The van der Waals surface area contributed by atoms with Crippen LogP contribution in [0.1, 0.15) is 12.8 Å². The molecule has 6 heteroatoms. The van der Waals surface area contributed by atoms with E-state index in [0.29, 0.717) is 13.0 Å². The average molecular weight is 238 g/mol. The second kappa shape index (κ2) is 9.47. The third kappa shape index (κ3) is 7.53. The van der Waals surface area contributed by atoms with Crippen molar-refractivity contribution in [2.75, 3.05) is 40.4 Å². The summed E-state index contributed by atoms with van der Waals surface area (Å²) in [5.74, 6) is -0.243. The molecule has 0 radical (unpaired) electrons. The van der Waals surface area contributed by atoms with Gasteiger partial charge in [-0.25, -0.2) is 8.78 Å². The van der Waals surface area contributed by atoms with Crippen molar-refractivity contribution in [3.63, 3.8) is 0 Å². The number of nitrogens with one attached hydrogen (secondary N) is 1. The second-order valence-corrected chi connectivity index (χ2v) is 3.43. The summed E-state index contributed by atoms with van der Waals surface area (Å²) >= 11 is 0. The SMILES string of the molecule is CNCCCC(=O)N(CCOC)CC(F)F. The van der Waals surface area contributed by atoms with Gasteiger partial charge in [0.25, 0.3) is 6.43 Å². The zero-order chi connectivity index (χ0) is 12.4. The molecule has 0 bridgehead atoms. The largest absolute Gasteiger partial charge is 0.383 e. The van der Waals surface area contributed by atoms with Crippen LogP contribution in [0.3, 0.4) is 0 Å². The van der Waals surface area contributed by atoms with Crippen LogP contribution in [0.4, 0.5) is 8.78 Å². The maximum atomic E-state index is 12.2. The molecule has 1 N–H and O–H groups in total. The van der Waals surface area contributed by atoms with E-state index in [1.807, 2.05) is 0 Å². The predicted molar refractivity (Wildman–Crippen MR) is 57.6 cm³/mol. The molecule has 0 atom stereocenters. The maximum Gasteiger partial charge on any atom is 0.255 e. The Balaban J connectivity index is 3.99. The van der Waals surface area contributed by atoms with E-state index >= 15 is 0 Å². The highest BCUT2D eigenvalue weighted by molar-refractivity contribution is 5.76. The summed E-state index contributed by atoms with van der Waals surface area (Å²) in [5.41, 5.74) is 0. The summed E-state index contributed by atoms with van der Waals surface area (Å²) in [7, 11) is 3.26. The van der Waals surface area contributed by atoms with Gasteiger partial charge in [-0.3, -0.25) is 4.79 Å². The highest BCUT2D eigenvalue weighted by Crippen LogP contribution is 2.02. The molecule has 0 saturated carbocycles. The molecule has 0 spiro atoms. The molecular formula is C10H20F2N2O2. The zero-order valence-corrected chi connectivity index (χ0v) is 9.84. The van der Waals surface area contributed by atoms with E-state index in [1.165, 1.54) is 7.11 Å². The fraction of sp³-hybridized carbons (Fsp3) is 0.900. The number of amides is 1. The first-order chi connectivity index (χ1) is 7.61. The van der Waals surface area contributed by atoms with Crippen LogP contribution < -0.4 is 5.32 Å². The first-order valence-electron chi connectivity index (χ1n) is 5.31. The van der Waals surface area contributed by atoms with Crippen LogP contribution in [0, 0.1) is 0 Å². The van der Waals surface area contributed by atoms with E-state index in [1.54, 1.807) is 7.05 Å². The summed E-state index contributed by atoms with van der Waals surface area (Å²) in [6, 6.07) is 0. The topological polar surface area (TPSA) is 41.6 Å². The van der Waals surface area contributed by atoms with Crippen LogP contribution in [0.25, 0.3) is 0 Å². The number of nitrogens with zero attached hydrogens (tertiary/aromatic N) is 1. The van der Waals surface area contributed by atoms with Gasteiger partial charge in [0.2, 0.25) is 5.91 Å². The van der Waals surface area contributed by atoms with Crippen molar-refractivity contribution in [2.24, 2.45) is 0 Å². The average Bonchev–Trinajstić information content (AvgIpc) is 2.23. The number of carbonyl (C=O) groups excluding carboxylic acids is 1. The first-order valence-corrected chi connectivity index (χ1v) is 5.31. The standard InChI is InChI=1S/C10H20F2N2O2/c1-13-5-3-4-10(15)14(6-7-16-2)8-9(11)12/h9,13H,3-8H2,1-2H3. The molecule has 96 valence electrons. The van der Waals surface area contributed by atoms with Crippen molar-refractivity contribution in [3.8, 4) is 0 Å². The molecule has 1 amide bonds. The molecule has 0 fully saturated rings. The van der Waals surface area contributed by atoms with E-state index in [-0.39, 0.29) is 25.5 Å². The quantitative estimate of drug-likeness (QED) is 0.602. The smallest absolute Gasteiger partial charge is 0.255 e. The van der Waals surface area contributed by atoms with Crippen LogP contribution in [0.15, 0.2) is 0 Å². The lowest BCUT2D eigenvalue weighted by atomic mass is 10.2. The van der Waals surface area contributed by atoms with Gasteiger partial charge in [0.15, 0.2) is 0 Å². The van der Waals surface area contributed by atoms with Crippen LogP contribution in [0.5, 0.6) is 0 Å². The van der Waals surface area contributed by atoms with Crippen molar-refractivity contribution in [3.05, 3.63) is 0 Å². The predicted octanol–water partition coefficient (Wildman–Crippen LogP) is 0.726. The van der Waals surface area contributed by atoms with Crippen LogP contribution in [-0.4, -0.2) is 57.6 Å². The molecule has 16 heavy (non-hydrogen) atoms. The van der Waals surface area contributed by atoms with Gasteiger partial charge in [-0.2, -0.15) is 0 Å². The Kier molecular flexibility index (Phi) is 9.03. The Hall–Kier alpha value is -0.750. The lowest BCUT2D eigenvalue weighted by Crippen LogP contribution is -2.37. The third-order valence-electron chi connectivity index (χ3n) is 2.09. The van der Waals surface area contributed by atoms with E-state index in [4.69, 9.17) is 4.74 Å². The molecule has 0 rings (SSSR count). The van der Waals surface area contributed by atoms with Crippen molar-refractivity contribution >= 4 is 5.91 Å². The Morgan fingerprint density at radius 1 is 1.50 bits per heavy atom. The molecule has 0 unspecified atom stereocenters. The molecule has 0 heterocycles. The number of methoxy groups -OCH3 is 1. The highest BCUT2D eigenvalue weighted by Gasteiger charge is 2.17. The van der Waals surface area contributed by atoms with Gasteiger partial charge in [0.05, 0.1) is 13.2 Å². The summed E-state index contributed by atoms with van der Waals surface area (Å²) in [6.45, 7) is 0.698. The van der Waals surface area contributed by atoms with Crippen LogP contribution in [0.2, 0.25) is 0 Å². The second-order valence-electron chi connectivity index (χ2n) is 3.43. The lowest BCUT2D eigenvalue weighted by Gasteiger charge is -2.21. The Labute approximate surface area is 94.9 Å². The number of alkyl halides is 2. The van der Waals surface area contributed by atoms with E-state index in [2.05, 4.69) is 5.32 Å². The van der Waals surface area contributed by atoms with Gasteiger partial charge in [-0.05, 0) is 20.0 Å². The molecule has 0 aliphatic heterocycles. The number of carbonyl (C=O) groups is 1. The molecule has 0 aromatic carbocycles. The van der Waals surface area contributed by atoms with Crippen molar-refractivity contribution < 1.29 is 18.3 Å². The van der Waals surface area contributed by atoms with Crippen molar-refractivity contribution in [2.45, 2.75) is 19.3 Å². The minimum Gasteiger partial charge on any atom is -0.383 e. The van der Waals surface area contributed by atoms with E-state index < -0.39 is 13.0 Å². The van der Waals surface area contributed by atoms with Gasteiger partial charge in [0, 0.05) is 20.1 Å². The number of hydrogen-bond donors (Lipinski definition) is 1. The van der Waals surface area contributed by atoms with E-state index in [9.17, 15) is 13.6 Å². The van der Waals surface area contributed by atoms with Gasteiger partial charge in [-0.1, -0.05) is 0 Å². The zero-order valence-electron chi connectivity index (χ0n) is 9.84. The Morgan fingerprint density at radius 2 is 2.19 bits per heavy atom. The molecule has 0 aromatic heterocycles. The van der Waals surface area contributed by atoms with Crippen LogP contribution in [-0.2, 0) is 9.53 Å². The number of hydrogen-bond acceptors (Lipinski definition) is 3. The molecular weight excluding hydrogens is 218 g/mol. The van der Waals surface area contributed by atoms with Gasteiger partial charge < -0.3 is 15.0 Å². The van der Waals surface area contributed by atoms with Gasteiger partial charge in [-0.15, -0.1) is 0 Å². The third-order valence-corrected chi connectivity index (χ3v) is 2.09. The number of rotatable bonds is 9. The molecule has 4 nitrogen and oxygen atoms in total. The fourth-order valence-electron chi connectivity index (χ4n) is 1.26. The summed E-state index contributed by atoms with van der Waals surface area (Å²) in [4.78, 5) is 12.7. The van der Waals surface area contributed by atoms with Gasteiger partial charge in [0.1, 0.15) is 0 Å². The Morgan fingerprint density at radius 3 is 2.69 bits per heavy atom. The molecule has 0 aliphatic carbocycles. The molecule has 0 aromatic rings. The highest BCUT2D eigenvalue weighted by atomic mass is 19.3. The maximum absolute atomic E-state index is 12.2. The van der Waals surface area contributed by atoms with Gasteiger partial charge >= 0.3 is 0 Å². The molecule has 0 aliphatic rings. The summed E-state index contributed by atoms with van der Waals surface area (Å²) < 4.78 is 29.2. The fourth-order valence-corrected chi connectivity index (χ4v) is 1.26. The van der Waals surface area contributed by atoms with Crippen molar-refractivity contribution in [1.82, 2.24) is 10.2 Å². The normalized spacial score (nSPS) is 10.8. The van der Waals surface area contributed by atoms with E-state index in [0.717, 1.165) is 4.90 Å². The van der Waals surface area contributed by atoms with Crippen LogP contribution >= 0.6 is 0 Å². The lowest BCUT2D eigenvalue weighted by molar-refractivity contribution is -0.133. The first kappa shape index (κ1) is 15.2. The summed E-state index contributed by atoms with van der Waals surface area (Å²) in [6.07, 6.45) is -1.55. The van der Waals surface area contributed by atoms with Crippen molar-refractivity contribution in [1.29, 1.82) is 0 Å². The number of halogens is 2.